The predicted octanol–water partition coefficient (Wildman–Crippen LogP) is 3.04. The first kappa shape index (κ1) is 21.5. The van der Waals surface area contributed by atoms with E-state index in [0.717, 1.165) is 37.8 Å². The fourth-order valence-electron chi connectivity index (χ4n) is 3.16. The Kier molecular flexibility index (Phi) is 7.46. The van der Waals surface area contributed by atoms with E-state index < -0.39 is 10.0 Å². The lowest BCUT2D eigenvalue weighted by molar-refractivity contribution is -0.123. The van der Waals surface area contributed by atoms with Gasteiger partial charge in [-0.05, 0) is 43.2 Å². The second-order valence-electron chi connectivity index (χ2n) is 6.93. The van der Waals surface area contributed by atoms with Crippen molar-refractivity contribution in [3.05, 3.63) is 53.3 Å². The Morgan fingerprint density at radius 1 is 1.17 bits per heavy atom. The number of nitrogens with zero attached hydrogens (tertiary/aromatic N) is 1. The van der Waals surface area contributed by atoms with Gasteiger partial charge in [0.1, 0.15) is 5.75 Å². The number of ether oxygens (including phenoxy) is 1. The molecule has 0 aliphatic heterocycles. The van der Waals surface area contributed by atoms with Gasteiger partial charge in [0, 0.05) is 12.2 Å². The van der Waals surface area contributed by atoms with Crippen LogP contribution in [0.3, 0.4) is 0 Å². The van der Waals surface area contributed by atoms with Crippen molar-refractivity contribution in [1.29, 1.82) is 0 Å². The minimum absolute atomic E-state index is 0.0359. The van der Waals surface area contributed by atoms with Gasteiger partial charge in [-0.3, -0.25) is 9.78 Å². The summed E-state index contributed by atoms with van der Waals surface area (Å²) in [6.07, 6.45) is 6.55. The number of halogens is 1. The van der Waals surface area contributed by atoms with Crippen LogP contribution in [-0.4, -0.2) is 32.0 Å². The zero-order valence-electron chi connectivity index (χ0n) is 15.9. The normalized spacial score (nSPS) is 15.1. The summed E-state index contributed by atoms with van der Waals surface area (Å²) in [7, 11) is -3.65. The smallest absolute Gasteiger partial charge is 0.258 e. The molecule has 9 heteroatoms. The molecule has 1 aliphatic rings. The Labute approximate surface area is 175 Å². The first-order valence-corrected chi connectivity index (χ1v) is 11.4. The number of aromatic nitrogens is 1. The van der Waals surface area contributed by atoms with Crippen LogP contribution in [0.2, 0.25) is 5.02 Å². The highest BCUT2D eigenvalue weighted by molar-refractivity contribution is 7.89. The highest BCUT2D eigenvalue weighted by Crippen LogP contribution is 2.28. The van der Waals surface area contributed by atoms with Gasteiger partial charge in [0.2, 0.25) is 10.0 Å². The lowest BCUT2D eigenvalue weighted by Gasteiger charge is -2.22. The molecule has 0 spiro atoms. The van der Waals surface area contributed by atoms with Gasteiger partial charge >= 0.3 is 0 Å². The molecule has 0 atom stereocenters. The average Bonchev–Trinajstić information content (AvgIpc) is 2.72. The number of rotatable bonds is 8. The van der Waals surface area contributed by atoms with Crippen molar-refractivity contribution in [3.8, 4) is 5.75 Å². The van der Waals surface area contributed by atoms with Crippen LogP contribution in [0.5, 0.6) is 5.75 Å². The summed E-state index contributed by atoms with van der Waals surface area (Å²) in [6.45, 7) is 0.0553. The average molecular weight is 438 g/mol. The molecule has 1 amide bonds. The number of carbonyl (C=O) groups is 1. The third kappa shape index (κ3) is 6.42. The van der Waals surface area contributed by atoms with E-state index in [9.17, 15) is 13.2 Å². The molecule has 3 rings (SSSR count). The maximum atomic E-state index is 12.6. The number of benzene rings is 1. The summed E-state index contributed by atoms with van der Waals surface area (Å²) < 4.78 is 33.3. The molecule has 1 aromatic heterocycles. The van der Waals surface area contributed by atoms with Crippen LogP contribution in [0.1, 0.15) is 37.8 Å². The van der Waals surface area contributed by atoms with Gasteiger partial charge in [-0.2, -0.15) is 0 Å². The molecular weight excluding hydrogens is 414 g/mol. The molecule has 156 valence electrons. The highest BCUT2D eigenvalue weighted by Gasteiger charge is 2.22. The number of sulfonamides is 1. The van der Waals surface area contributed by atoms with Gasteiger partial charge in [0.05, 0.1) is 22.2 Å². The minimum atomic E-state index is -3.65. The van der Waals surface area contributed by atoms with Gasteiger partial charge in [-0.1, -0.05) is 36.9 Å². The van der Waals surface area contributed by atoms with Gasteiger partial charge < -0.3 is 10.1 Å². The molecule has 0 saturated heterocycles. The number of hydrogen-bond donors (Lipinski definition) is 2. The fraction of sp³-hybridized carbons (Fsp3) is 0.400. The van der Waals surface area contributed by atoms with Crippen molar-refractivity contribution in [2.24, 2.45) is 0 Å². The van der Waals surface area contributed by atoms with Crippen LogP contribution in [-0.2, 0) is 21.4 Å². The van der Waals surface area contributed by atoms with Crippen LogP contribution >= 0.6 is 11.6 Å². The highest BCUT2D eigenvalue weighted by atomic mass is 35.5. The molecule has 1 saturated carbocycles. The van der Waals surface area contributed by atoms with Crippen molar-refractivity contribution >= 4 is 27.5 Å². The fourth-order valence-corrected chi connectivity index (χ4v) is 4.79. The standard InChI is InChI=1S/C20H24ClN3O4S/c21-18-12-17(29(26,27)24-15-6-2-1-3-7-15)9-10-19(18)28-14-20(25)23-13-16-8-4-5-11-22-16/h4-5,8-12,15,24H,1-3,6-7,13-14H2,(H,23,25). The van der Waals surface area contributed by atoms with Crippen molar-refractivity contribution in [2.45, 2.75) is 49.6 Å². The van der Waals surface area contributed by atoms with Crippen molar-refractivity contribution in [1.82, 2.24) is 15.0 Å². The largest absolute Gasteiger partial charge is 0.482 e. The maximum absolute atomic E-state index is 12.6. The van der Waals surface area contributed by atoms with E-state index in [1.165, 1.54) is 18.2 Å². The van der Waals surface area contributed by atoms with Crippen molar-refractivity contribution in [3.63, 3.8) is 0 Å². The van der Waals surface area contributed by atoms with Crippen LogP contribution in [0.25, 0.3) is 0 Å². The molecule has 1 fully saturated rings. The van der Waals surface area contributed by atoms with Crippen LogP contribution in [0.4, 0.5) is 0 Å². The van der Waals surface area contributed by atoms with Gasteiger partial charge in [0.15, 0.2) is 6.61 Å². The molecule has 0 radical (unpaired) electrons. The molecule has 0 bridgehead atoms. The van der Waals surface area contributed by atoms with Crippen molar-refractivity contribution < 1.29 is 17.9 Å². The SMILES string of the molecule is O=C(COc1ccc(S(=O)(=O)NC2CCCCC2)cc1Cl)NCc1ccccn1. The summed E-state index contributed by atoms with van der Waals surface area (Å²) in [4.78, 5) is 16.1. The number of hydrogen-bond acceptors (Lipinski definition) is 5. The van der Waals surface area contributed by atoms with Gasteiger partial charge in [-0.25, -0.2) is 13.1 Å². The van der Waals surface area contributed by atoms with Gasteiger partial charge in [0.25, 0.3) is 5.91 Å². The third-order valence-corrected chi connectivity index (χ3v) is 6.51. The Morgan fingerprint density at radius 3 is 2.66 bits per heavy atom. The van der Waals surface area contributed by atoms with Gasteiger partial charge in [-0.15, -0.1) is 0 Å². The maximum Gasteiger partial charge on any atom is 0.258 e. The molecule has 2 aromatic rings. The Morgan fingerprint density at radius 2 is 1.97 bits per heavy atom. The number of amides is 1. The monoisotopic (exact) mass is 437 g/mol. The first-order valence-electron chi connectivity index (χ1n) is 9.55. The molecule has 1 aromatic carbocycles. The summed E-state index contributed by atoms with van der Waals surface area (Å²) in [6, 6.07) is 9.63. The molecule has 1 aliphatic carbocycles. The molecule has 0 unspecified atom stereocenters. The van der Waals surface area contributed by atoms with E-state index in [1.54, 1.807) is 18.3 Å². The summed E-state index contributed by atoms with van der Waals surface area (Å²) >= 11 is 6.18. The van der Waals surface area contributed by atoms with Crippen molar-refractivity contribution in [2.75, 3.05) is 6.61 Å². The Balaban J connectivity index is 1.54. The molecule has 7 nitrogen and oxygen atoms in total. The van der Waals surface area contributed by atoms with E-state index in [0.29, 0.717) is 6.54 Å². The summed E-state index contributed by atoms with van der Waals surface area (Å²) in [5, 5.41) is 2.83. The second kappa shape index (κ2) is 10.0. The first-order chi connectivity index (χ1) is 13.9. The summed E-state index contributed by atoms with van der Waals surface area (Å²) in [5.74, 6) is -0.0846. The van der Waals surface area contributed by atoms with E-state index in [-0.39, 0.29) is 34.2 Å². The zero-order chi connectivity index (χ0) is 20.7. The van der Waals surface area contributed by atoms with E-state index >= 15 is 0 Å². The zero-order valence-corrected chi connectivity index (χ0v) is 17.5. The molecule has 1 heterocycles. The molecule has 29 heavy (non-hydrogen) atoms. The topological polar surface area (TPSA) is 97.4 Å². The van der Waals surface area contributed by atoms with Crippen LogP contribution in [0, 0.1) is 0 Å². The third-order valence-electron chi connectivity index (χ3n) is 4.69. The predicted molar refractivity (Wildman–Crippen MR) is 110 cm³/mol. The Hall–Kier alpha value is -2.16. The van der Waals surface area contributed by atoms with Crippen LogP contribution in [0.15, 0.2) is 47.5 Å². The lowest BCUT2D eigenvalue weighted by atomic mass is 9.96. The number of carbonyl (C=O) groups excluding carboxylic acids is 1. The van der Waals surface area contributed by atoms with Crippen LogP contribution < -0.4 is 14.8 Å². The molecule has 2 N–H and O–H groups in total. The second-order valence-corrected chi connectivity index (χ2v) is 9.06. The molecular formula is C20H24ClN3O4S. The van der Waals surface area contributed by atoms with E-state index in [4.69, 9.17) is 16.3 Å². The van der Waals surface area contributed by atoms with E-state index in [2.05, 4.69) is 15.0 Å². The number of pyridine rings is 1. The summed E-state index contributed by atoms with van der Waals surface area (Å²) in [5.41, 5.74) is 0.735. The van der Waals surface area contributed by atoms with E-state index in [1.807, 2.05) is 6.07 Å². The quantitative estimate of drug-likeness (QED) is 0.661. The Bertz CT molecular complexity index is 932. The minimum Gasteiger partial charge on any atom is -0.482 e. The number of nitrogens with one attached hydrogen (secondary N) is 2. The lowest BCUT2D eigenvalue weighted by Crippen LogP contribution is -2.36.